The third-order valence-corrected chi connectivity index (χ3v) is 4.81. The number of rotatable bonds is 6. The Balaban J connectivity index is 1.51. The highest BCUT2D eigenvalue weighted by atomic mass is 16.2. The van der Waals surface area contributed by atoms with Gasteiger partial charge in [0.15, 0.2) is 0 Å². The Labute approximate surface area is 163 Å². The van der Waals surface area contributed by atoms with E-state index < -0.39 is 6.17 Å². The van der Waals surface area contributed by atoms with Crippen LogP contribution in [0.5, 0.6) is 0 Å². The maximum Gasteiger partial charge on any atom is 0.265 e. The van der Waals surface area contributed by atoms with Crippen LogP contribution in [0.3, 0.4) is 0 Å². The van der Waals surface area contributed by atoms with Gasteiger partial charge in [-0.25, -0.2) is 5.43 Å². The number of amides is 2. The third kappa shape index (κ3) is 3.63. The zero-order valence-corrected chi connectivity index (χ0v) is 15.2. The lowest BCUT2D eigenvalue weighted by Crippen LogP contribution is -2.46. The van der Waals surface area contributed by atoms with Crippen LogP contribution in [0.2, 0.25) is 0 Å². The van der Waals surface area contributed by atoms with Crippen molar-refractivity contribution in [2.24, 2.45) is 0 Å². The van der Waals surface area contributed by atoms with Gasteiger partial charge < -0.3 is 4.90 Å². The highest BCUT2D eigenvalue weighted by molar-refractivity contribution is 5.99. The molecule has 0 fully saturated rings. The Bertz CT molecular complexity index is 976. The topological polar surface area (TPSA) is 74.3 Å². The van der Waals surface area contributed by atoms with Gasteiger partial charge in [0, 0.05) is 35.6 Å². The zero-order chi connectivity index (χ0) is 19.3. The molecule has 0 spiro atoms. The number of nitrogens with one attached hydrogen (secondary N) is 2. The molecule has 2 heterocycles. The first-order valence-electron chi connectivity index (χ1n) is 9.14. The number of hydrazine groups is 1. The van der Waals surface area contributed by atoms with Gasteiger partial charge in [0.05, 0.1) is 0 Å². The largest absolute Gasteiger partial charge is 0.317 e. The Morgan fingerprint density at radius 1 is 0.964 bits per heavy atom. The molecule has 0 saturated carbocycles. The Morgan fingerprint density at radius 3 is 2.46 bits per heavy atom. The fourth-order valence-electron chi connectivity index (χ4n) is 3.36. The van der Waals surface area contributed by atoms with E-state index >= 15 is 0 Å². The first kappa shape index (κ1) is 17.9. The van der Waals surface area contributed by atoms with Crippen molar-refractivity contribution in [3.05, 3.63) is 101 Å². The molecule has 6 nitrogen and oxygen atoms in total. The normalized spacial score (nSPS) is 15.4. The van der Waals surface area contributed by atoms with Crippen molar-refractivity contribution in [1.82, 2.24) is 20.7 Å². The fraction of sp³-hybridized carbons (Fsp3) is 0.136. The van der Waals surface area contributed by atoms with Crippen molar-refractivity contribution in [2.75, 3.05) is 6.54 Å². The summed E-state index contributed by atoms with van der Waals surface area (Å²) in [6, 6.07) is 20.8. The number of carbonyl (C=O) groups is 2. The molecule has 0 radical (unpaired) electrons. The van der Waals surface area contributed by atoms with Crippen LogP contribution in [-0.4, -0.2) is 28.2 Å². The summed E-state index contributed by atoms with van der Waals surface area (Å²) in [7, 11) is 0. The van der Waals surface area contributed by atoms with Gasteiger partial charge in [0.1, 0.15) is 6.17 Å². The first-order chi connectivity index (χ1) is 13.7. The molecule has 0 saturated heterocycles. The van der Waals surface area contributed by atoms with Gasteiger partial charge in [-0.05, 0) is 30.2 Å². The van der Waals surface area contributed by atoms with E-state index in [4.69, 9.17) is 0 Å². The molecule has 1 aliphatic heterocycles. The lowest BCUT2D eigenvalue weighted by molar-refractivity contribution is 0.0659. The summed E-state index contributed by atoms with van der Waals surface area (Å²) in [5, 5.41) is 0. The molecule has 1 unspecified atom stereocenters. The lowest BCUT2D eigenvalue weighted by atomic mass is 10.1. The Hall–Kier alpha value is -3.51. The summed E-state index contributed by atoms with van der Waals surface area (Å²) < 4.78 is 0. The third-order valence-electron chi connectivity index (χ3n) is 4.81. The summed E-state index contributed by atoms with van der Waals surface area (Å²) in [5.74, 6) is -0.315. The number of pyridine rings is 1. The predicted molar refractivity (Wildman–Crippen MR) is 105 cm³/mol. The molecule has 1 aromatic heterocycles. The average molecular weight is 372 g/mol. The van der Waals surface area contributed by atoms with Crippen LogP contribution < -0.4 is 10.9 Å². The van der Waals surface area contributed by atoms with Crippen molar-refractivity contribution in [3.63, 3.8) is 0 Å². The van der Waals surface area contributed by atoms with Crippen molar-refractivity contribution in [3.8, 4) is 0 Å². The van der Waals surface area contributed by atoms with Gasteiger partial charge in [0.25, 0.3) is 11.8 Å². The molecule has 3 aromatic rings. The molecular formula is C22H20N4O2. The summed E-state index contributed by atoms with van der Waals surface area (Å²) >= 11 is 0. The van der Waals surface area contributed by atoms with Crippen molar-refractivity contribution < 1.29 is 9.59 Å². The monoisotopic (exact) mass is 372 g/mol. The van der Waals surface area contributed by atoms with Gasteiger partial charge >= 0.3 is 0 Å². The SMILES string of the molecule is O=C(NNC1c2ccccc2C(=O)N1CCc1ccccc1)c1ccncc1. The van der Waals surface area contributed by atoms with Crippen LogP contribution in [0, 0.1) is 0 Å². The van der Waals surface area contributed by atoms with Crippen LogP contribution in [0.4, 0.5) is 0 Å². The molecule has 0 bridgehead atoms. The Morgan fingerprint density at radius 2 is 1.68 bits per heavy atom. The average Bonchev–Trinajstić information content (AvgIpc) is 3.03. The summed E-state index contributed by atoms with van der Waals surface area (Å²) in [6.45, 7) is 0.542. The standard InChI is InChI=1S/C22H20N4O2/c27-21(17-10-13-23-14-11-17)25-24-20-18-8-4-5-9-19(18)22(28)26(20)15-12-16-6-2-1-3-7-16/h1-11,13-14,20,24H,12,15H2,(H,25,27). The first-order valence-corrected chi connectivity index (χ1v) is 9.14. The quantitative estimate of drug-likeness (QED) is 0.653. The molecule has 6 heteroatoms. The Kier molecular flexibility index (Phi) is 5.12. The molecule has 2 N–H and O–H groups in total. The van der Waals surface area contributed by atoms with E-state index in [2.05, 4.69) is 15.8 Å². The minimum absolute atomic E-state index is 0.0396. The van der Waals surface area contributed by atoms with Gasteiger partial charge in [-0.1, -0.05) is 48.5 Å². The summed E-state index contributed by atoms with van der Waals surface area (Å²) in [5.41, 5.74) is 8.93. The van der Waals surface area contributed by atoms with Gasteiger partial charge in [-0.2, -0.15) is 0 Å². The molecule has 0 aliphatic carbocycles. The highest BCUT2D eigenvalue weighted by Crippen LogP contribution is 2.31. The minimum Gasteiger partial charge on any atom is -0.317 e. The van der Waals surface area contributed by atoms with Crippen molar-refractivity contribution in [1.29, 1.82) is 0 Å². The van der Waals surface area contributed by atoms with E-state index in [1.807, 2.05) is 54.6 Å². The van der Waals surface area contributed by atoms with E-state index in [1.54, 1.807) is 29.4 Å². The molecule has 140 valence electrons. The number of hydrogen-bond donors (Lipinski definition) is 2. The van der Waals surface area contributed by atoms with E-state index in [0.29, 0.717) is 17.7 Å². The van der Waals surface area contributed by atoms with E-state index in [9.17, 15) is 9.59 Å². The molecule has 4 rings (SSSR count). The summed E-state index contributed by atoms with van der Waals surface area (Å²) in [6.07, 6.45) is 3.44. The fourth-order valence-corrected chi connectivity index (χ4v) is 3.36. The predicted octanol–water partition coefficient (Wildman–Crippen LogP) is 2.71. The number of fused-ring (bicyclic) bond motifs is 1. The van der Waals surface area contributed by atoms with Crippen LogP contribution in [0.15, 0.2) is 79.1 Å². The molecule has 1 atom stereocenters. The van der Waals surface area contributed by atoms with Gasteiger partial charge in [0.2, 0.25) is 0 Å². The van der Waals surface area contributed by atoms with E-state index in [0.717, 1.165) is 17.5 Å². The molecular weight excluding hydrogens is 352 g/mol. The van der Waals surface area contributed by atoms with Crippen molar-refractivity contribution >= 4 is 11.8 Å². The van der Waals surface area contributed by atoms with Crippen LogP contribution >= 0.6 is 0 Å². The number of hydrogen-bond acceptors (Lipinski definition) is 4. The van der Waals surface area contributed by atoms with Gasteiger partial charge in [-0.15, -0.1) is 0 Å². The van der Waals surface area contributed by atoms with Crippen molar-refractivity contribution in [2.45, 2.75) is 12.6 Å². The van der Waals surface area contributed by atoms with Crippen LogP contribution in [-0.2, 0) is 6.42 Å². The second-order valence-electron chi connectivity index (χ2n) is 6.56. The second kappa shape index (κ2) is 8.02. The number of benzene rings is 2. The van der Waals surface area contributed by atoms with Gasteiger partial charge in [-0.3, -0.25) is 20.0 Å². The minimum atomic E-state index is -0.418. The maximum absolute atomic E-state index is 12.9. The number of carbonyl (C=O) groups excluding carboxylic acids is 2. The molecule has 1 aliphatic rings. The van der Waals surface area contributed by atoms with E-state index in [1.165, 1.54) is 0 Å². The summed E-state index contributed by atoms with van der Waals surface area (Å²) in [4.78, 5) is 31.0. The number of nitrogens with zero attached hydrogens (tertiary/aromatic N) is 2. The highest BCUT2D eigenvalue weighted by Gasteiger charge is 2.36. The zero-order valence-electron chi connectivity index (χ0n) is 15.2. The van der Waals surface area contributed by atoms with Crippen LogP contribution in [0.25, 0.3) is 0 Å². The smallest absolute Gasteiger partial charge is 0.265 e. The lowest BCUT2D eigenvalue weighted by Gasteiger charge is -2.26. The maximum atomic E-state index is 12.9. The van der Waals surface area contributed by atoms with Crippen LogP contribution in [0.1, 0.15) is 38.0 Å². The van der Waals surface area contributed by atoms with E-state index in [-0.39, 0.29) is 11.8 Å². The molecule has 28 heavy (non-hydrogen) atoms. The second-order valence-corrected chi connectivity index (χ2v) is 6.56. The number of aromatic nitrogens is 1. The molecule has 2 amide bonds. The molecule has 2 aromatic carbocycles.